The van der Waals surface area contributed by atoms with E-state index in [0.717, 1.165) is 31.2 Å². The highest BCUT2D eigenvalue weighted by Crippen LogP contribution is 2.16. The molecule has 0 unspecified atom stereocenters. The molecule has 1 amide bonds. The van der Waals surface area contributed by atoms with Gasteiger partial charge < -0.3 is 10.2 Å². The maximum absolute atomic E-state index is 12.0. The van der Waals surface area contributed by atoms with Gasteiger partial charge in [-0.1, -0.05) is 13.0 Å². The van der Waals surface area contributed by atoms with Gasteiger partial charge in [-0.2, -0.15) is 0 Å². The number of likely N-dealkylation sites (tertiary alicyclic amines) is 1. The van der Waals surface area contributed by atoms with Crippen molar-refractivity contribution in [3.05, 3.63) is 29.3 Å². The summed E-state index contributed by atoms with van der Waals surface area (Å²) >= 11 is 0. The summed E-state index contributed by atoms with van der Waals surface area (Å²) < 4.78 is 0. The van der Waals surface area contributed by atoms with Crippen LogP contribution in [0.15, 0.2) is 18.2 Å². The number of rotatable bonds is 4. The van der Waals surface area contributed by atoms with Crippen molar-refractivity contribution in [2.45, 2.75) is 40.0 Å². The van der Waals surface area contributed by atoms with Crippen molar-refractivity contribution in [1.29, 1.82) is 0 Å². The molecular formula is C17H26N2O. The van der Waals surface area contributed by atoms with Gasteiger partial charge in [-0.25, -0.2) is 0 Å². The minimum absolute atomic E-state index is 0.117. The van der Waals surface area contributed by atoms with Crippen LogP contribution >= 0.6 is 0 Å². The van der Waals surface area contributed by atoms with Gasteiger partial charge in [0.15, 0.2) is 0 Å². The molecule has 1 aromatic carbocycles. The van der Waals surface area contributed by atoms with E-state index in [1.54, 1.807) is 0 Å². The summed E-state index contributed by atoms with van der Waals surface area (Å²) in [5.74, 6) is 0.887. The van der Waals surface area contributed by atoms with Crippen LogP contribution in [0.3, 0.4) is 0 Å². The highest BCUT2D eigenvalue weighted by Gasteiger charge is 2.16. The quantitative estimate of drug-likeness (QED) is 0.913. The van der Waals surface area contributed by atoms with Crippen LogP contribution in [-0.4, -0.2) is 30.4 Å². The number of piperidine rings is 1. The van der Waals surface area contributed by atoms with Gasteiger partial charge >= 0.3 is 0 Å². The number of benzene rings is 1. The first-order valence-corrected chi connectivity index (χ1v) is 7.64. The molecule has 1 N–H and O–H groups in total. The molecule has 1 heterocycles. The topological polar surface area (TPSA) is 32.3 Å². The van der Waals surface area contributed by atoms with Gasteiger partial charge in [0, 0.05) is 25.2 Å². The molecule has 0 radical (unpaired) electrons. The van der Waals surface area contributed by atoms with E-state index in [1.165, 1.54) is 24.0 Å². The van der Waals surface area contributed by atoms with E-state index in [1.807, 2.05) is 12.1 Å². The minimum Gasteiger partial charge on any atom is -0.326 e. The Morgan fingerprint density at radius 1 is 1.35 bits per heavy atom. The standard InChI is InChI=1S/C17H26N2O/c1-13-5-4-9-19(12-13)10-8-17(20)18-16-7-6-14(2)15(3)11-16/h6-7,11,13H,4-5,8-10,12H2,1-3H3,(H,18,20)/t13-/m1/s1. The molecule has 20 heavy (non-hydrogen) atoms. The lowest BCUT2D eigenvalue weighted by molar-refractivity contribution is -0.116. The zero-order chi connectivity index (χ0) is 14.5. The van der Waals surface area contributed by atoms with Gasteiger partial charge in [-0.05, 0) is 62.4 Å². The number of nitrogens with one attached hydrogen (secondary N) is 1. The smallest absolute Gasteiger partial charge is 0.225 e. The molecule has 3 nitrogen and oxygen atoms in total. The molecule has 0 aliphatic carbocycles. The number of hydrogen-bond donors (Lipinski definition) is 1. The van der Waals surface area contributed by atoms with Crippen molar-refractivity contribution in [2.75, 3.05) is 25.0 Å². The van der Waals surface area contributed by atoms with Gasteiger partial charge in [0.05, 0.1) is 0 Å². The Labute approximate surface area is 122 Å². The Morgan fingerprint density at radius 2 is 2.15 bits per heavy atom. The van der Waals surface area contributed by atoms with Gasteiger partial charge in [0.2, 0.25) is 5.91 Å². The van der Waals surface area contributed by atoms with Crippen molar-refractivity contribution in [2.24, 2.45) is 5.92 Å². The first-order chi connectivity index (χ1) is 9.54. The minimum atomic E-state index is 0.117. The van der Waals surface area contributed by atoms with Crippen molar-refractivity contribution < 1.29 is 4.79 Å². The van der Waals surface area contributed by atoms with Crippen LogP contribution in [0.5, 0.6) is 0 Å². The first-order valence-electron chi connectivity index (χ1n) is 7.64. The van der Waals surface area contributed by atoms with Gasteiger partial charge in [0.1, 0.15) is 0 Å². The fourth-order valence-electron chi connectivity index (χ4n) is 2.79. The molecular weight excluding hydrogens is 248 g/mol. The number of hydrogen-bond acceptors (Lipinski definition) is 2. The summed E-state index contributed by atoms with van der Waals surface area (Å²) in [5.41, 5.74) is 3.38. The molecule has 1 atom stereocenters. The molecule has 1 aliphatic rings. The lowest BCUT2D eigenvalue weighted by Crippen LogP contribution is -2.36. The Balaban J connectivity index is 1.78. The van der Waals surface area contributed by atoms with Crippen molar-refractivity contribution in [1.82, 2.24) is 4.90 Å². The van der Waals surface area contributed by atoms with Gasteiger partial charge in [0.25, 0.3) is 0 Å². The third-order valence-corrected chi connectivity index (χ3v) is 4.19. The molecule has 1 fully saturated rings. The number of carbonyl (C=O) groups excluding carboxylic acids is 1. The van der Waals surface area contributed by atoms with Gasteiger partial charge in [-0.3, -0.25) is 4.79 Å². The predicted molar refractivity (Wildman–Crippen MR) is 84.0 cm³/mol. The lowest BCUT2D eigenvalue weighted by Gasteiger charge is -2.30. The zero-order valence-electron chi connectivity index (χ0n) is 12.9. The number of aryl methyl sites for hydroxylation is 2. The highest BCUT2D eigenvalue weighted by atomic mass is 16.1. The summed E-state index contributed by atoms with van der Waals surface area (Å²) in [4.78, 5) is 14.4. The third kappa shape index (κ3) is 4.34. The monoisotopic (exact) mass is 274 g/mol. The Bertz CT molecular complexity index is 470. The lowest BCUT2D eigenvalue weighted by atomic mass is 10.0. The van der Waals surface area contributed by atoms with Crippen LogP contribution in [0, 0.1) is 19.8 Å². The fraction of sp³-hybridized carbons (Fsp3) is 0.588. The molecule has 110 valence electrons. The zero-order valence-corrected chi connectivity index (χ0v) is 12.9. The normalized spacial score (nSPS) is 19.9. The summed E-state index contributed by atoms with van der Waals surface area (Å²) in [6.07, 6.45) is 3.17. The fourth-order valence-corrected chi connectivity index (χ4v) is 2.79. The van der Waals surface area contributed by atoms with E-state index in [9.17, 15) is 4.79 Å². The summed E-state index contributed by atoms with van der Waals surface area (Å²) in [6.45, 7) is 9.60. The molecule has 0 bridgehead atoms. The number of carbonyl (C=O) groups is 1. The SMILES string of the molecule is Cc1ccc(NC(=O)CCN2CCC[C@@H](C)C2)cc1C. The molecule has 1 aromatic rings. The second-order valence-corrected chi connectivity index (χ2v) is 6.15. The summed E-state index contributed by atoms with van der Waals surface area (Å²) in [5, 5.41) is 3.00. The molecule has 1 aliphatic heterocycles. The maximum Gasteiger partial charge on any atom is 0.225 e. The van der Waals surface area contributed by atoms with Crippen LogP contribution in [0.4, 0.5) is 5.69 Å². The summed E-state index contributed by atoms with van der Waals surface area (Å²) in [6, 6.07) is 6.07. The highest BCUT2D eigenvalue weighted by molar-refractivity contribution is 5.90. The summed E-state index contributed by atoms with van der Waals surface area (Å²) in [7, 11) is 0. The van der Waals surface area contributed by atoms with Crippen molar-refractivity contribution >= 4 is 11.6 Å². The van der Waals surface area contributed by atoms with E-state index < -0.39 is 0 Å². The molecule has 0 saturated carbocycles. The number of amides is 1. The van der Waals surface area contributed by atoms with Crippen LogP contribution in [0.25, 0.3) is 0 Å². The van der Waals surface area contributed by atoms with Crippen LogP contribution < -0.4 is 5.32 Å². The van der Waals surface area contributed by atoms with E-state index in [0.29, 0.717) is 6.42 Å². The second kappa shape index (κ2) is 6.89. The molecule has 0 spiro atoms. The Kier molecular flexibility index (Phi) is 5.18. The average molecular weight is 274 g/mol. The van der Waals surface area contributed by atoms with Crippen LogP contribution in [-0.2, 0) is 4.79 Å². The second-order valence-electron chi connectivity index (χ2n) is 6.15. The Hall–Kier alpha value is -1.35. The predicted octanol–water partition coefficient (Wildman–Crippen LogP) is 3.36. The number of nitrogens with zero attached hydrogens (tertiary/aromatic N) is 1. The average Bonchev–Trinajstić information content (AvgIpc) is 2.41. The van der Waals surface area contributed by atoms with Crippen LogP contribution in [0.1, 0.15) is 37.3 Å². The third-order valence-electron chi connectivity index (χ3n) is 4.19. The van der Waals surface area contributed by atoms with Crippen molar-refractivity contribution in [3.8, 4) is 0 Å². The largest absolute Gasteiger partial charge is 0.326 e. The van der Waals surface area contributed by atoms with E-state index in [-0.39, 0.29) is 5.91 Å². The van der Waals surface area contributed by atoms with E-state index in [2.05, 4.69) is 37.1 Å². The van der Waals surface area contributed by atoms with E-state index >= 15 is 0 Å². The Morgan fingerprint density at radius 3 is 2.85 bits per heavy atom. The van der Waals surface area contributed by atoms with Crippen molar-refractivity contribution in [3.63, 3.8) is 0 Å². The molecule has 3 heteroatoms. The molecule has 0 aromatic heterocycles. The number of anilines is 1. The molecule has 2 rings (SSSR count). The maximum atomic E-state index is 12.0. The van der Waals surface area contributed by atoms with E-state index in [4.69, 9.17) is 0 Å². The molecule has 1 saturated heterocycles. The van der Waals surface area contributed by atoms with Gasteiger partial charge in [-0.15, -0.1) is 0 Å². The van der Waals surface area contributed by atoms with Crippen LogP contribution in [0.2, 0.25) is 0 Å². The first kappa shape index (κ1) is 15.0.